The first-order chi connectivity index (χ1) is 13.3. The number of amides is 1. The van der Waals surface area contributed by atoms with E-state index < -0.39 is 5.60 Å². The molecule has 1 aromatic rings. The van der Waals surface area contributed by atoms with Crippen LogP contribution < -0.4 is 5.32 Å². The van der Waals surface area contributed by atoms with E-state index in [0.29, 0.717) is 16.7 Å². The third-order valence-corrected chi connectivity index (χ3v) is 6.07. The quantitative estimate of drug-likeness (QED) is 0.559. The van der Waals surface area contributed by atoms with Crippen LogP contribution in [0.3, 0.4) is 0 Å². The number of piperidine rings is 2. The van der Waals surface area contributed by atoms with Crippen molar-refractivity contribution in [3.8, 4) is 0 Å². The Morgan fingerprint density at radius 3 is 2.64 bits per heavy atom. The summed E-state index contributed by atoms with van der Waals surface area (Å²) in [7, 11) is 0. The number of aldehydes is 1. The number of halogens is 1. The van der Waals surface area contributed by atoms with Gasteiger partial charge < -0.3 is 19.7 Å². The van der Waals surface area contributed by atoms with Gasteiger partial charge in [0, 0.05) is 18.1 Å². The number of anilines is 1. The lowest BCUT2D eigenvalue weighted by Crippen LogP contribution is -2.58. The van der Waals surface area contributed by atoms with Crippen LogP contribution in [0.15, 0.2) is 11.0 Å². The fourth-order valence-electron chi connectivity index (χ4n) is 3.99. The first-order valence-corrected chi connectivity index (χ1v) is 11.0. The fraction of sp³-hybridized carbons (Fsp3) is 0.684. The second kappa shape index (κ2) is 8.86. The molecule has 3 atom stereocenters. The molecule has 0 radical (unpaired) electrons. The van der Waals surface area contributed by atoms with Crippen molar-refractivity contribution in [1.82, 2.24) is 15.1 Å². The van der Waals surface area contributed by atoms with E-state index in [1.165, 1.54) is 11.8 Å². The molecular weight excluding hydrogens is 400 g/mol. The van der Waals surface area contributed by atoms with Crippen molar-refractivity contribution in [2.75, 3.05) is 11.1 Å². The molecule has 0 spiro atoms. The van der Waals surface area contributed by atoms with Gasteiger partial charge in [-0.15, -0.1) is 22.0 Å². The molecule has 2 unspecified atom stereocenters. The molecular formula is C19H27ClN4O3S. The van der Waals surface area contributed by atoms with Gasteiger partial charge in [0.05, 0.1) is 10.6 Å². The molecule has 2 saturated heterocycles. The van der Waals surface area contributed by atoms with Crippen LogP contribution in [0.4, 0.5) is 10.6 Å². The van der Waals surface area contributed by atoms with Gasteiger partial charge >= 0.3 is 6.09 Å². The number of hydrogen-bond acceptors (Lipinski definition) is 7. The van der Waals surface area contributed by atoms with Gasteiger partial charge in [-0.2, -0.15) is 0 Å². The molecule has 1 aromatic heterocycles. The van der Waals surface area contributed by atoms with Crippen molar-refractivity contribution in [2.45, 2.75) is 81.5 Å². The topological polar surface area (TPSA) is 84.4 Å². The van der Waals surface area contributed by atoms with Crippen LogP contribution in [0, 0.1) is 0 Å². The molecule has 3 heterocycles. The Balaban J connectivity index is 1.71. The highest BCUT2D eigenvalue weighted by molar-refractivity contribution is 8.00. The first-order valence-electron chi connectivity index (χ1n) is 9.64. The van der Waals surface area contributed by atoms with E-state index in [1.54, 1.807) is 6.07 Å². The van der Waals surface area contributed by atoms with E-state index in [4.69, 9.17) is 16.3 Å². The van der Waals surface area contributed by atoms with Crippen molar-refractivity contribution in [2.24, 2.45) is 0 Å². The van der Waals surface area contributed by atoms with Gasteiger partial charge in [0.1, 0.15) is 11.9 Å². The third-order valence-electron chi connectivity index (χ3n) is 4.96. The summed E-state index contributed by atoms with van der Waals surface area (Å²) in [5.74, 6) is 0.976. The van der Waals surface area contributed by atoms with E-state index in [-0.39, 0.29) is 24.2 Å². The summed E-state index contributed by atoms with van der Waals surface area (Å²) in [6.07, 6.45) is 5.39. The summed E-state index contributed by atoms with van der Waals surface area (Å²) in [6, 6.07) is 2.22. The molecule has 2 aliphatic rings. The normalized spacial score (nSPS) is 24.6. The van der Waals surface area contributed by atoms with Crippen molar-refractivity contribution in [3.63, 3.8) is 0 Å². The highest BCUT2D eigenvalue weighted by atomic mass is 35.5. The molecule has 2 bridgehead atoms. The second-order valence-electron chi connectivity index (χ2n) is 8.30. The minimum absolute atomic E-state index is 0.159. The lowest BCUT2D eigenvalue weighted by atomic mass is 9.82. The van der Waals surface area contributed by atoms with Gasteiger partial charge in [-0.3, -0.25) is 0 Å². The molecule has 1 N–H and O–H groups in total. The molecule has 0 aromatic carbocycles. The zero-order valence-electron chi connectivity index (χ0n) is 16.5. The monoisotopic (exact) mass is 426 g/mol. The number of fused-ring (bicyclic) bond motifs is 2. The van der Waals surface area contributed by atoms with Crippen LogP contribution >= 0.6 is 23.4 Å². The SMILES string of the molecule is CC(C)(C)OC(=O)N1C2CCC[C@@H]1CC(Nc1nnc(Cl)cc1SCC=O)C2. The zero-order valence-corrected chi connectivity index (χ0v) is 18.1. The van der Waals surface area contributed by atoms with Crippen LogP contribution in [-0.4, -0.2) is 57.0 Å². The van der Waals surface area contributed by atoms with E-state index in [9.17, 15) is 9.59 Å². The Morgan fingerprint density at radius 1 is 1.36 bits per heavy atom. The summed E-state index contributed by atoms with van der Waals surface area (Å²) < 4.78 is 5.64. The van der Waals surface area contributed by atoms with E-state index >= 15 is 0 Å². The summed E-state index contributed by atoms with van der Waals surface area (Å²) in [6.45, 7) is 5.69. The maximum Gasteiger partial charge on any atom is 0.410 e. The Hall–Kier alpha value is -1.54. The van der Waals surface area contributed by atoms with E-state index in [1.807, 2.05) is 25.7 Å². The Bertz CT molecular complexity index is 714. The number of ether oxygens (including phenoxy) is 1. The average molecular weight is 427 g/mol. The zero-order chi connectivity index (χ0) is 20.3. The highest BCUT2D eigenvalue weighted by Gasteiger charge is 2.42. The highest BCUT2D eigenvalue weighted by Crippen LogP contribution is 2.37. The van der Waals surface area contributed by atoms with Crippen molar-refractivity contribution >= 4 is 41.6 Å². The van der Waals surface area contributed by atoms with Gasteiger partial charge in [0.15, 0.2) is 11.0 Å². The molecule has 9 heteroatoms. The number of thioether (sulfide) groups is 1. The van der Waals surface area contributed by atoms with Crippen LogP contribution in [0.2, 0.25) is 5.15 Å². The van der Waals surface area contributed by atoms with Crippen LogP contribution in [-0.2, 0) is 9.53 Å². The first kappa shape index (κ1) is 21.2. The lowest BCUT2D eigenvalue weighted by molar-refractivity contribution is -0.105. The Labute approximate surface area is 174 Å². The van der Waals surface area contributed by atoms with Crippen molar-refractivity contribution in [1.29, 1.82) is 0 Å². The van der Waals surface area contributed by atoms with Crippen LogP contribution in [0.25, 0.3) is 0 Å². The smallest absolute Gasteiger partial charge is 0.410 e. The predicted octanol–water partition coefficient (Wildman–Crippen LogP) is 4.15. The number of carbonyl (C=O) groups is 2. The molecule has 1 amide bonds. The molecule has 3 rings (SSSR count). The average Bonchev–Trinajstić information content (AvgIpc) is 2.59. The van der Waals surface area contributed by atoms with Gasteiger partial charge in [-0.05, 0) is 58.9 Å². The second-order valence-corrected chi connectivity index (χ2v) is 9.75. The maximum atomic E-state index is 12.7. The summed E-state index contributed by atoms with van der Waals surface area (Å²) in [5.41, 5.74) is -0.496. The van der Waals surface area contributed by atoms with Crippen LogP contribution in [0.5, 0.6) is 0 Å². The molecule has 28 heavy (non-hydrogen) atoms. The van der Waals surface area contributed by atoms with Gasteiger partial charge in [0.2, 0.25) is 0 Å². The number of hydrogen-bond donors (Lipinski definition) is 1. The Kier molecular flexibility index (Phi) is 6.70. The number of aromatic nitrogens is 2. The molecule has 2 fully saturated rings. The third kappa shape index (κ3) is 5.29. The number of carbonyl (C=O) groups excluding carboxylic acids is 2. The van der Waals surface area contributed by atoms with E-state index in [2.05, 4.69) is 15.5 Å². The fourth-order valence-corrected chi connectivity index (χ4v) is 4.88. The van der Waals surface area contributed by atoms with E-state index in [0.717, 1.165) is 43.3 Å². The molecule has 7 nitrogen and oxygen atoms in total. The molecule has 0 aliphatic carbocycles. The van der Waals surface area contributed by atoms with Crippen molar-refractivity contribution < 1.29 is 14.3 Å². The number of nitrogens with zero attached hydrogens (tertiary/aromatic N) is 3. The van der Waals surface area contributed by atoms with Crippen molar-refractivity contribution in [3.05, 3.63) is 11.2 Å². The minimum atomic E-state index is -0.496. The minimum Gasteiger partial charge on any atom is -0.444 e. The maximum absolute atomic E-state index is 12.7. The van der Waals surface area contributed by atoms with Gasteiger partial charge in [-0.1, -0.05) is 11.6 Å². The largest absolute Gasteiger partial charge is 0.444 e. The summed E-state index contributed by atoms with van der Waals surface area (Å²) in [4.78, 5) is 26.2. The Morgan fingerprint density at radius 2 is 2.04 bits per heavy atom. The lowest BCUT2D eigenvalue weighted by Gasteiger charge is -2.48. The van der Waals surface area contributed by atoms with Gasteiger partial charge in [0.25, 0.3) is 0 Å². The number of rotatable bonds is 5. The molecule has 2 aliphatic heterocycles. The summed E-state index contributed by atoms with van der Waals surface area (Å²) >= 11 is 7.34. The number of nitrogens with one attached hydrogen (secondary N) is 1. The van der Waals surface area contributed by atoms with Gasteiger partial charge in [-0.25, -0.2) is 4.79 Å². The molecule has 0 saturated carbocycles. The molecule has 154 valence electrons. The predicted molar refractivity (Wildman–Crippen MR) is 110 cm³/mol. The summed E-state index contributed by atoms with van der Waals surface area (Å²) in [5, 5.41) is 11.9. The standard InChI is InChI=1S/C19H27ClN4O3S/c1-19(2,3)27-18(26)24-13-5-4-6-14(24)10-12(9-13)21-17-15(28-8-7-25)11-16(20)22-23-17/h7,11-14H,4-6,8-10H2,1-3H3,(H,21,23)/t12?,13-,14?/m1/s1. The van der Waals surface area contributed by atoms with Crippen LogP contribution in [0.1, 0.15) is 52.9 Å².